The molecule has 5 rings (SSSR count). The molecule has 2 aromatic heterocycles. The minimum Gasteiger partial charge on any atom is -0.398 e. The van der Waals surface area contributed by atoms with E-state index in [1.54, 1.807) is 17.4 Å². The van der Waals surface area contributed by atoms with Crippen LogP contribution in [0.25, 0.3) is 21.6 Å². The lowest BCUT2D eigenvalue weighted by Crippen LogP contribution is -2.36. The summed E-state index contributed by atoms with van der Waals surface area (Å²) in [5.41, 5.74) is 8.04. The van der Waals surface area contributed by atoms with Crippen LogP contribution in [0.5, 0.6) is 0 Å². The van der Waals surface area contributed by atoms with Crippen LogP contribution in [0.15, 0.2) is 24.3 Å². The first-order chi connectivity index (χ1) is 15.1. The van der Waals surface area contributed by atoms with E-state index in [2.05, 4.69) is 4.90 Å². The maximum Gasteiger partial charge on any atom is 0.162 e. The Kier molecular flexibility index (Phi) is 5.60. The van der Waals surface area contributed by atoms with Crippen molar-refractivity contribution in [3.63, 3.8) is 0 Å². The second kappa shape index (κ2) is 8.38. The van der Waals surface area contributed by atoms with E-state index >= 15 is 0 Å². The van der Waals surface area contributed by atoms with E-state index in [0.717, 1.165) is 63.9 Å². The zero-order chi connectivity index (χ0) is 21.4. The Morgan fingerprint density at radius 2 is 1.97 bits per heavy atom. The van der Waals surface area contributed by atoms with Gasteiger partial charge in [-0.15, -0.1) is 11.3 Å². The van der Waals surface area contributed by atoms with Crippen LogP contribution >= 0.6 is 23.1 Å². The number of morpholine rings is 1. The van der Waals surface area contributed by atoms with E-state index in [0.29, 0.717) is 30.3 Å². The van der Waals surface area contributed by atoms with Gasteiger partial charge in [-0.05, 0) is 36.5 Å². The molecule has 9 heteroatoms. The van der Waals surface area contributed by atoms with Crippen LogP contribution in [0.2, 0.25) is 0 Å². The first kappa shape index (κ1) is 20.7. The van der Waals surface area contributed by atoms with Gasteiger partial charge in [0.05, 0.1) is 23.4 Å². The Morgan fingerprint density at radius 1 is 1.19 bits per heavy atom. The maximum absolute atomic E-state index is 11.3. The smallest absolute Gasteiger partial charge is 0.162 e. The highest BCUT2D eigenvalue weighted by atomic mass is 32.2. The third-order valence-corrected chi connectivity index (χ3v) is 8.27. The van der Waals surface area contributed by atoms with Crippen molar-refractivity contribution < 1.29 is 9.84 Å². The number of thioether (sulfide) groups is 1. The molecule has 2 fully saturated rings. The lowest BCUT2D eigenvalue weighted by Gasteiger charge is -2.30. The first-order valence-corrected chi connectivity index (χ1v) is 12.4. The molecule has 4 N–H and O–H groups in total. The van der Waals surface area contributed by atoms with Gasteiger partial charge in [-0.25, -0.2) is 9.97 Å². The van der Waals surface area contributed by atoms with Gasteiger partial charge < -0.3 is 25.9 Å². The van der Waals surface area contributed by atoms with E-state index in [1.807, 2.05) is 30.0 Å². The van der Waals surface area contributed by atoms with Crippen LogP contribution in [0.3, 0.4) is 0 Å². The fraction of sp³-hybridized carbons (Fsp3) is 0.409. The summed E-state index contributed by atoms with van der Waals surface area (Å²) in [6.07, 6.45) is 2.77. The molecule has 1 aromatic carbocycles. The van der Waals surface area contributed by atoms with Gasteiger partial charge in [0, 0.05) is 41.0 Å². The normalized spacial score (nSPS) is 18.9. The standard InChI is InChI=1S/C22H25N5O2S2/c23-13-15-14(2-1-3-16(15)24)20-25-17-12-18(22(28)4-10-30-11-5-22)31-19(17)21(26-20)27-6-8-29-9-7-27/h1-3,12-13,23,28H,4-11,24H2. The topological polar surface area (TPSA) is 108 Å². The molecular formula is C22H25N5O2S2. The van der Waals surface area contributed by atoms with Gasteiger partial charge in [0.2, 0.25) is 0 Å². The molecule has 162 valence electrons. The average Bonchev–Trinajstić information content (AvgIpc) is 3.24. The fourth-order valence-corrected chi connectivity index (χ4v) is 6.58. The molecule has 2 aliphatic heterocycles. The minimum atomic E-state index is -0.795. The number of thiophene rings is 1. The number of hydrogen-bond donors (Lipinski definition) is 3. The SMILES string of the molecule is N=Cc1c(N)cccc1-c1nc(N2CCOCC2)c2sc(C3(O)CCSCC3)cc2n1. The lowest BCUT2D eigenvalue weighted by molar-refractivity contribution is 0.0319. The van der Waals surface area contributed by atoms with Gasteiger partial charge >= 0.3 is 0 Å². The Morgan fingerprint density at radius 3 is 2.71 bits per heavy atom. The van der Waals surface area contributed by atoms with E-state index in [-0.39, 0.29) is 0 Å². The molecule has 4 heterocycles. The summed E-state index contributed by atoms with van der Waals surface area (Å²) in [6.45, 7) is 2.83. The number of aromatic nitrogens is 2. The average molecular weight is 456 g/mol. The molecule has 0 saturated carbocycles. The summed E-state index contributed by atoms with van der Waals surface area (Å²) >= 11 is 3.49. The Hall–Kier alpha value is -2.20. The number of hydrogen-bond acceptors (Lipinski definition) is 9. The molecule has 0 unspecified atom stereocenters. The molecule has 0 atom stereocenters. The maximum atomic E-state index is 11.3. The van der Waals surface area contributed by atoms with Crippen LogP contribution in [0, 0.1) is 5.41 Å². The van der Waals surface area contributed by atoms with Crippen molar-refractivity contribution >= 4 is 51.0 Å². The summed E-state index contributed by atoms with van der Waals surface area (Å²) in [5.74, 6) is 3.34. The van der Waals surface area contributed by atoms with Crippen molar-refractivity contribution in [2.75, 3.05) is 48.4 Å². The molecule has 0 spiro atoms. The van der Waals surface area contributed by atoms with Crippen molar-refractivity contribution in [3.05, 3.63) is 34.7 Å². The van der Waals surface area contributed by atoms with Crippen LogP contribution in [0.4, 0.5) is 11.5 Å². The lowest BCUT2D eigenvalue weighted by atomic mass is 9.95. The van der Waals surface area contributed by atoms with E-state index in [1.165, 1.54) is 6.21 Å². The quantitative estimate of drug-likeness (QED) is 0.408. The third-order valence-electron chi connectivity index (χ3n) is 5.97. The van der Waals surface area contributed by atoms with Gasteiger partial charge in [-0.1, -0.05) is 12.1 Å². The predicted molar refractivity (Wildman–Crippen MR) is 129 cm³/mol. The second-order valence-electron chi connectivity index (χ2n) is 7.89. The summed E-state index contributed by atoms with van der Waals surface area (Å²) in [5, 5.41) is 19.1. The highest BCUT2D eigenvalue weighted by Crippen LogP contribution is 2.43. The van der Waals surface area contributed by atoms with Gasteiger partial charge in [0.25, 0.3) is 0 Å². The van der Waals surface area contributed by atoms with Crippen molar-refractivity contribution in [2.45, 2.75) is 18.4 Å². The summed E-state index contributed by atoms with van der Waals surface area (Å²) < 4.78 is 6.54. The number of nitrogens with two attached hydrogens (primary N) is 1. The van der Waals surface area contributed by atoms with Crippen LogP contribution in [-0.4, -0.2) is 59.1 Å². The number of nitrogens with one attached hydrogen (secondary N) is 1. The zero-order valence-corrected chi connectivity index (χ0v) is 18.8. The van der Waals surface area contributed by atoms with Crippen molar-refractivity contribution in [1.29, 1.82) is 5.41 Å². The van der Waals surface area contributed by atoms with Crippen LogP contribution in [0.1, 0.15) is 23.3 Å². The molecule has 7 nitrogen and oxygen atoms in total. The third kappa shape index (κ3) is 3.80. The fourth-order valence-electron chi connectivity index (χ4n) is 4.15. The van der Waals surface area contributed by atoms with E-state index < -0.39 is 5.60 Å². The molecule has 0 bridgehead atoms. The second-order valence-corrected chi connectivity index (χ2v) is 10.2. The van der Waals surface area contributed by atoms with Gasteiger partial charge in [-0.3, -0.25) is 0 Å². The summed E-state index contributed by atoms with van der Waals surface area (Å²) in [6, 6.07) is 7.58. The van der Waals surface area contributed by atoms with Gasteiger partial charge in [0.1, 0.15) is 5.60 Å². The number of anilines is 2. The molecule has 0 aliphatic carbocycles. The largest absolute Gasteiger partial charge is 0.398 e. The number of aliphatic hydroxyl groups is 1. The predicted octanol–water partition coefficient (Wildman–Crippen LogP) is 3.49. The molecule has 2 saturated heterocycles. The number of rotatable bonds is 4. The molecular weight excluding hydrogens is 430 g/mol. The van der Waals surface area contributed by atoms with Gasteiger partial charge in [0.15, 0.2) is 11.6 Å². The molecule has 31 heavy (non-hydrogen) atoms. The van der Waals surface area contributed by atoms with Crippen LogP contribution < -0.4 is 10.6 Å². The molecule has 0 radical (unpaired) electrons. The van der Waals surface area contributed by atoms with Crippen molar-refractivity contribution in [3.8, 4) is 11.4 Å². The van der Waals surface area contributed by atoms with Gasteiger partial charge in [-0.2, -0.15) is 11.8 Å². The van der Waals surface area contributed by atoms with E-state index in [9.17, 15) is 5.11 Å². The molecule has 0 amide bonds. The zero-order valence-electron chi connectivity index (χ0n) is 17.1. The van der Waals surface area contributed by atoms with Crippen LogP contribution in [-0.2, 0) is 10.3 Å². The highest BCUT2D eigenvalue weighted by Gasteiger charge is 2.34. The molecule has 2 aliphatic rings. The molecule has 3 aromatic rings. The number of ether oxygens (including phenoxy) is 1. The Bertz CT molecular complexity index is 1120. The van der Waals surface area contributed by atoms with Crippen molar-refractivity contribution in [1.82, 2.24) is 9.97 Å². The number of benzene rings is 1. The number of nitrogen functional groups attached to an aromatic ring is 1. The van der Waals surface area contributed by atoms with E-state index in [4.69, 9.17) is 25.8 Å². The number of nitrogens with zero attached hydrogens (tertiary/aromatic N) is 3. The number of fused-ring (bicyclic) bond motifs is 1. The Labute approximate surface area is 189 Å². The first-order valence-electron chi connectivity index (χ1n) is 10.4. The Balaban J connectivity index is 1.69. The summed E-state index contributed by atoms with van der Waals surface area (Å²) in [7, 11) is 0. The minimum absolute atomic E-state index is 0.532. The van der Waals surface area contributed by atoms with Crippen molar-refractivity contribution in [2.24, 2.45) is 0 Å². The summed E-state index contributed by atoms with van der Waals surface area (Å²) in [4.78, 5) is 13.0. The monoisotopic (exact) mass is 455 g/mol. The highest BCUT2D eigenvalue weighted by molar-refractivity contribution is 7.99.